The van der Waals surface area contributed by atoms with E-state index in [4.69, 9.17) is 27.4 Å². The molecule has 0 amide bonds. The molecule has 186 valence electrons. The maximum absolute atomic E-state index is 10.9. The minimum atomic E-state index is -0.834. The van der Waals surface area contributed by atoms with Crippen molar-refractivity contribution in [2.75, 3.05) is 0 Å². The van der Waals surface area contributed by atoms with Crippen LogP contribution in [0, 0.1) is 0 Å². The first-order valence-corrected chi connectivity index (χ1v) is 12.4. The molecule has 4 aromatic rings. The van der Waals surface area contributed by atoms with Gasteiger partial charge in [-0.2, -0.15) is 0 Å². The minimum absolute atomic E-state index is 0.00457. The number of rotatable bonds is 9. The number of hydrogen-bond acceptors (Lipinski definition) is 4. The first kappa shape index (κ1) is 25.5. The summed E-state index contributed by atoms with van der Waals surface area (Å²) in [7, 11) is 0. The second-order valence-electron chi connectivity index (χ2n) is 9.30. The summed E-state index contributed by atoms with van der Waals surface area (Å²) in [5.74, 6) is -0.838. The van der Waals surface area contributed by atoms with Crippen molar-refractivity contribution in [1.29, 1.82) is 0 Å². The van der Waals surface area contributed by atoms with Crippen LogP contribution in [0.15, 0.2) is 71.7 Å². The minimum Gasteiger partial charge on any atom is -0.494 e. The lowest BCUT2D eigenvalue weighted by atomic mass is 9.89. The van der Waals surface area contributed by atoms with Gasteiger partial charge in [-0.05, 0) is 55.2 Å². The number of benzene rings is 3. The number of aliphatic imine (C=N–C) groups is 1. The van der Waals surface area contributed by atoms with Gasteiger partial charge in [-0.1, -0.05) is 67.4 Å². The molecule has 0 aliphatic carbocycles. The number of nitrogens with zero attached hydrogens (tertiary/aromatic N) is 1. The average molecular weight is 504 g/mol. The Kier molecular flexibility index (Phi) is 7.48. The first-order valence-electron chi connectivity index (χ1n) is 12.0. The molecule has 5 N–H and O–H groups in total. The molecule has 0 aliphatic rings. The molecule has 1 aromatic heterocycles. The zero-order chi connectivity index (χ0) is 25.9. The number of carboxylic acids is 1. The van der Waals surface area contributed by atoms with Crippen molar-refractivity contribution in [2.24, 2.45) is 10.7 Å². The van der Waals surface area contributed by atoms with Gasteiger partial charge in [0.05, 0.1) is 22.5 Å². The molecule has 36 heavy (non-hydrogen) atoms. The monoisotopic (exact) mass is 503 g/mol. The Balaban J connectivity index is 1.80. The molecule has 0 saturated carbocycles. The van der Waals surface area contributed by atoms with E-state index in [2.05, 4.69) is 11.9 Å². The van der Waals surface area contributed by atoms with E-state index in [0.29, 0.717) is 28.2 Å². The summed E-state index contributed by atoms with van der Waals surface area (Å²) in [4.78, 5) is 18.9. The largest absolute Gasteiger partial charge is 0.494 e. The van der Waals surface area contributed by atoms with Gasteiger partial charge >= 0.3 is 5.97 Å². The molecule has 3 aromatic carbocycles. The number of hydrogen-bond donors (Lipinski definition) is 4. The van der Waals surface area contributed by atoms with Crippen LogP contribution in [0.4, 0.5) is 5.69 Å². The van der Waals surface area contributed by atoms with Gasteiger partial charge in [0.2, 0.25) is 0 Å². The number of fused-ring (bicyclic) bond motifs is 1. The van der Waals surface area contributed by atoms with E-state index in [-0.39, 0.29) is 12.3 Å². The number of H-pyrrole nitrogens is 1. The molecule has 0 spiro atoms. The van der Waals surface area contributed by atoms with Gasteiger partial charge in [0.25, 0.3) is 0 Å². The van der Waals surface area contributed by atoms with Gasteiger partial charge in [-0.3, -0.25) is 4.79 Å². The van der Waals surface area contributed by atoms with Crippen molar-refractivity contribution in [3.8, 4) is 5.88 Å². The highest BCUT2D eigenvalue weighted by atomic mass is 35.5. The van der Waals surface area contributed by atoms with Crippen molar-refractivity contribution < 1.29 is 15.0 Å². The molecule has 1 heterocycles. The fourth-order valence-corrected chi connectivity index (χ4v) is 4.62. The Hall–Kier alpha value is -3.61. The summed E-state index contributed by atoms with van der Waals surface area (Å²) in [6.07, 6.45) is 2.37. The number of aromatic hydroxyl groups is 1. The summed E-state index contributed by atoms with van der Waals surface area (Å²) >= 11 is 6.17. The highest BCUT2D eigenvalue weighted by Crippen LogP contribution is 2.33. The predicted molar refractivity (Wildman–Crippen MR) is 146 cm³/mol. The van der Waals surface area contributed by atoms with Gasteiger partial charge in [-0.25, -0.2) is 4.99 Å². The van der Waals surface area contributed by atoms with E-state index in [1.165, 1.54) is 0 Å². The van der Waals surface area contributed by atoms with Crippen LogP contribution in [0.2, 0.25) is 5.02 Å². The van der Waals surface area contributed by atoms with E-state index in [9.17, 15) is 9.90 Å². The second kappa shape index (κ2) is 10.6. The molecular weight excluding hydrogens is 474 g/mol. The Morgan fingerprint density at radius 3 is 2.42 bits per heavy atom. The standard InChI is InChI=1S/C29H30ClN3O3/c1-3-16-29(2,31)20-9-12-22(13-10-20)32-27(19-7-4-18(5-8-19)6-15-25(34)35)26-23-14-11-21(30)17-24(23)33-28(26)36/h4-5,7-14,17,33,36H,3,6,15-16,31H2,1-2H3,(H,34,35). The van der Waals surface area contributed by atoms with Crippen LogP contribution in [0.3, 0.4) is 0 Å². The van der Waals surface area contributed by atoms with Crippen molar-refractivity contribution in [3.05, 3.63) is 94.0 Å². The highest BCUT2D eigenvalue weighted by Gasteiger charge is 2.21. The Bertz CT molecular complexity index is 1400. The van der Waals surface area contributed by atoms with Crippen molar-refractivity contribution in [3.63, 3.8) is 0 Å². The van der Waals surface area contributed by atoms with Gasteiger partial charge in [-0.15, -0.1) is 0 Å². The molecule has 6 nitrogen and oxygen atoms in total. The van der Waals surface area contributed by atoms with Crippen molar-refractivity contribution in [1.82, 2.24) is 4.98 Å². The summed E-state index contributed by atoms with van der Waals surface area (Å²) in [6.45, 7) is 4.14. The fraction of sp³-hybridized carbons (Fsp3) is 0.241. The number of aliphatic carboxylic acids is 1. The van der Waals surface area contributed by atoms with Crippen LogP contribution < -0.4 is 5.73 Å². The summed E-state index contributed by atoms with van der Waals surface area (Å²) < 4.78 is 0. The topological polar surface area (TPSA) is 112 Å². The van der Waals surface area contributed by atoms with Crippen LogP contribution in [0.25, 0.3) is 10.9 Å². The van der Waals surface area contributed by atoms with Crippen LogP contribution in [0.5, 0.6) is 5.88 Å². The fourth-order valence-electron chi connectivity index (χ4n) is 4.45. The van der Waals surface area contributed by atoms with E-state index in [0.717, 1.165) is 40.6 Å². The van der Waals surface area contributed by atoms with Gasteiger partial charge in [0.1, 0.15) is 0 Å². The van der Waals surface area contributed by atoms with Gasteiger partial charge < -0.3 is 20.9 Å². The van der Waals surface area contributed by atoms with Crippen molar-refractivity contribution in [2.45, 2.75) is 45.1 Å². The van der Waals surface area contributed by atoms with Gasteiger partial charge in [0.15, 0.2) is 5.88 Å². The van der Waals surface area contributed by atoms with Crippen LogP contribution in [-0.4, -0.2) is 26.9 Å². The smallest absolute Gasteiger partial charge is 0.303 e. The summed E-state index contributed by atoms with van der Waals surface area (Å²) in [5, 5.41) is 21.2. The maximum Gasteiger partial charge on any atom is 0.303 e. The lowest BCUT2D eigenvalue weighted by molar-refractivity contribution is -0.136. The molecule has 0 saturated heterocycles. The molecule has 0 aliphatic heterocycles. The van der Waals surface area contributed by atoms with Crippen molar-refractivity contribution >= 4 is 39.9 Å². The third kappa shape index (κ3) is 5.61. The lowest BCUT2D eigenvalue weighted by Crippen LogP contribution is -2.32. The zero-order valence-corrected chi connectivity index (χ0v) is 21.1. The SMILES string of the molecule is CCCC(C)(N)c1ccc(N=C(c2ccc(CCC(=O)O)cc2)c2c(O)[nH]c3cc(Cl)ccc23)cc1. The van der Waals surface area contributed by atoms with E-state index >= 15 is 0 Å². The number of halogens is 1. The molecule has 0 bridgehead atoms. The molecule has 0 fully saturated rings. The van der Waals surface area contributed by atoms with Crippen LogP contribution in [-0.2, 0) is 16.8 Å². The molecule has 0 radical (unpaired) electrons. The molecule has 1 atom stereocenters. The molecular formula is C29H30ClN3O3. The molecule has 1 unspecified atom stereocenters. The number of carboxylic acid groups (broad SMARTS) is 1. The number of aromatic amines is 1. The number of nitrogens with one attached hydrogen (secondary N) is 1. The predicted octanol–water partition coefficient (Wildman–Crippen LogP) is 6.69. The van der Waals surface area contributed by atoms with Crippen LogP contribution >= 0.6 is 11.6 Å². The Morgan fingerprint density at radius 2 is 1.78 bits per heavy atom. The van der Waals surface area contributed by atoms with E-state index in [1.54, 1.807) is 12.1 Å². The molecule has 7 heteroatoms. The lowest BCUT2D eigenvalue weighted by Gasteiger charge is -2.24. The average Bonchev–Trinajstić information content (AvgIpc) is 3.16. The summed E-state index contributed by atoms with van der Waals surface area (Å²) in [5.41, 5.74) is 11.4. The number of aromatic nitrogens is 1. The number of nitrogens with two attached hydrogens (primary N) is 1. The summed E-state index contributed by atoms with van der Waals surface area (Å²) in [6, 6.07) is 20.8. The van der Waals surface area contributed by atoms with Crippen LogP contribution in [0.1, 0.15) is 55.4 Å². The zero-order valence-electron chi connectivity index (χ0n) is 20.4. The normalized spacial score (nSPS) is 13.6. The molecule has 4 rings (SSSR count). The third-order valence-electron chi connectivity index (χ3n) is 6.37. The first-order chi connectivity index (χ1) is 17.2. The Morgan fingerprint density at radius 1 is 1.08 bits per heavy atom. The van der Waals surface area contributed by atoms with E-state index < -0.39 is 11.5 Å². The Labute approximate surface area is 215 Å². The highest BCUT2D eigenvalue weighted by molar-refractivity contribution is 6.31. The maximum atomic E-state index is 10.9. The van der Waals surface area contributed by atoms with Gasteiger partial charge in [0, 0.05) is 27.9 Å². The number of carbonyl (C=O) groups is 1. The number of aryl methyl sites for hydroxylation is 1. The third-order valence-corrected chi connectivity index (χ3v) is 6.60. The second-order valence-corrected chi connectivity index (χ2v) is 9.74. The van der Waals surface area contributed by atoms with E-state index in [1.807, 2.05) is 61.5 Å². The quantitative estimate of drug-likeness (QED) is 0.191.